The van der Waals surface area contributed by atoms with Gasteiger partial charge in [0, 0.05) is 11.6 Å². The Bertz CT molecular complexity index is 1020. The normalized spacial score (nSPS) is 17.1. The summed E-state index contributed by atoms with van der Waals surface area (Å²) in [5.74, 6) is 0.114. The van der Waals surface area contributed by atoms with Gasteiger partial charge in [-0.1, -0.05) is 17.7 Å². The lowest BCUT2D eigenvalue weighted by atomic mass is 10.2. The van der Waals surface area contributed by atoms with E-state index in [1.165, 1.54) is 28.6 Å². The highest BCUT2D eigenvalue weighted by Crippen LogP contribution is 2.28. The number of halogens is 1. The molecule has 6 nitrogen and oxygen atoms in total. The number of hydrogen-bond acceptors (Lipinski definition) is 4. The van der Waals surface area contributed by atoms with Crippen molar-refractivity contribution >= 4 is 43.0 Å². The van der Waals surface area contributed by atoms with Gasteiger partial charge in [-0.15, -0.1) is 0 Å². The molecule has 1 fully saturated rings. The van der Waals surface area contributed by atoms with E-state index < -0.39 is 20.0 Å². The van der Waals surface area contributed by atoms with Gasteiger partial charge in [-0.05, 0) is 61.7 Å². The van der Waals surface area contributed by atoms with Gasteiger partial charge in [0.1, 0.15) is 0 Å². The predicted molar refractivity (Wildman–Crippen MR) is 104 cm³/mol. The highest BCUT2D eigenvalue weighted by atomic mass is 35.5. The molecule has 0 bridgehead atoms. The van der Waals surface area contributed by atoms with Crippen LogP contribution in [0.1, 0.15) is 18.4 Å². The molecular weight excluding hydrogens is 396 g/mol. The summed E-state index contributed by atoms with van der Waals surface area (Å²) in [4.78, 5) is 0.0510. The molecule has 0 atom stereocenters. The molecule has 1 saturated heterocycles. The summed E-state index contributed by atoms with van der Waals surface area (Å²) < 4.78 is 53.4. The molecule has 0 unspecified atom stereocenters. The number of benzene rings is 2. The Balaban J connectivity index is 1.86. The summed E-state index contributed by atoms with van der Waals surface area (Å²) in [6.07, 6.45) is 1.43. The summed E-state index contributed by atoms with van der Waals surface area (Å²) in [5.41, 5.74) is 1.51. The lowest BCUT2D eigenvalue weighted by molar-refractivity contribution is 0.574. The Kier molecular flexibility index (Phi) is 5.18. The number of rotatable bonds is 4. The third kappa shape index (κ3) is 3.82. The van der Waals surface area contributed by atoms with E-state index in [9.17, 15) is 16.8 Å². The van der Waals surface area contributed by atoms with Crippen LogP contribution < -0.4 is 9.03 Å². The summed E-state index contributed by atoms with van der Waals surface area (Å²) in [7, 11) is -7.14. The van der Waals surface area contributed by atoms with Crippen molar-refractivity contribution in [1.29, 1.82) is 0 Å². The average Bonchev–Trinajstić information content (AvgIpc) is 2.59. The average molecular weight is 415 g/mol. The third-order valence-corrected chi connectivity index (χ3v) is 7.96. The van der Waals surface area contributed by atoms with Gasteiger partial charge in [0.25, 0.3) is 10.0 Å². The van der Waals surface area contributed by atoms with Crippen molar-refractivity contribution in [1.82, 2.24) is 0 Å². The zero-order chi connectivity index (χ0) is 18.9. The zero-order valence-electron chi connectivity index (χ0n) is 14.1. The molecule has 26 heavy (non-hydrogen) atoms. The first-order chi connectivity index (χ1) is 12.2. The molecule has 0 aromatic heterocycles. The monoisotopic (exact) mass is 414 g/mol. The highest BCUT2D eigenvalue weighted by Gasteiger charge is 2.26. The first-order valence-corrected chi connectivity index (χ1v) is 11.6. The SMILES string of the molecule is Cc1c(Cl)cccc1NS(=O)(=O)c1ccc(N2CCCCS2(=O)=O)cc1. The minimum absolute atomic E-state index is 0.0510. The summed E-state index contributed by atoms with van der Waals surface area (Å²) in [6, 6.07) is 10.8. The van der Waals surface area contributed by atoms with E-state index in [0.717, 1.165) is 6.42 Å². The van der Waals surface area contributed by atoms with Crippen molar-refractivity contribution in [2.45, 2.75) is 24.7 Å². The van der Waals surface area contributed by atoms with E-state index in [0.29, 0.717) is 34.9 Å². The van der Waals surface area contributed by atoms with E-state index in [4.69, 9.17) is 11.6 Å². The maximum absolute atomic E-state index is 12.6. The second kappa shape index (κ2) is 7.09. The Hall–Kier alpha value is -1.77. The van der Waals surface area contributed by atoms with Crippen LogP contribution in [-0.2, 0) is 20.0 Å². The standard InChI is InChI=1S/C17H19ClN2O4S2/c1-13-16(18)5-4-6-17(13)19-26(23,24)15-9-7-14(8-10-15)20-11-2-3-12-25(20,21)22/h4-10,19H,2-3,11-12H2,1H3. The van der Waals surface area contributed by atoms with Gasteiger partial charge in [0.05, 0.1) is 22.0 Å². The van der Waals surface area contributed by atoms with E-state index in [-0.39, 0.29) is 10.6 Å². The van der Waals surface area contributed by atoms with Crippen LogP contribution in [0.15, 0.2) is 47.4 Å². The quantitative estimate of drug-likeness (QED) is 0.831. The van der Waals surface area contributed by atoms with Crippen LogP contribution in [0.4, 0.5) is 11.4 Å². The molecule has 0 saturated carbocycles. The summed E-state index contributed by atoms with van der Waals surface area (Å²) in [6.45, 7) is 2.14. The van der Waals surface area contributed by atoms with Crippen LogP contribution in [0.5, 0.6) is 0 Å². The molecule has 2 aromatic rings. The zero-order valence-corrected chi connectivity index (χ0v) is 16.5. The number of anilines is 2. The molecule has 3 rings (SSSR count). The van der Waals surface area contributed by atoms with Crippen LogP contribution in [0.2, 0.25) is 5.02 Å². The third-order valence-electron chi connectivity index (χ3n) is 4.30. The topological polar surface area (TPSA) is 83.6 Å². The molecule has 1 N–H and O–H groups in total. The smallest absolute Gasteiger partial charge is 0.261 e. The molecule has 0 aliphatic carbocycles. The van der Waals surface area contributed by atoms with Crippen LogP contribution in [-0.4, -0.2) is 29.1 Å². The van der Waals surface area contributed by atoms with Crippen molar-refractivity contribution in [3.8, 4) is 0 Å². The Labute approximate surface area is 158 Å². The second-order valence-electron chi connectivity index (χ2n) is 6.11. The van der Waals surface area contributed by atoms with Crippen LogP contribution in [0.3, 0.4) is 0 Å². The van der Waals surface area contributed by atoms with Crippen LogP contribution in [0.25, 0.3) is 0 Å². The second-order valence-corrected chi connectivity index (χ2v) is 10.2. The van der Waals surface area contributed by atoms with Crippen molar-refractivity contribution < 1.29 is 16.8 Å². The van der Waals surface area contributed by atoms with Crippen molar-refractivity contribution in [2.24, 2.45) is 0 Å². The molecule has 0 radical (unpaired) electrons. The van der Waals surface area contributed by atoms with Crippen LogP contribution >= 0.6 is 11.6 Å². The van der Waals surface area contributed by atoms with Gasteiger partial charge < -0.3 is 0 Å². The fourth-order valence-corrected chi connectivity index (χ4v) is 5.73. The van der Waals surface area contributed by atoms with Crippen molar-refractivity contribution in [3.05, 3.63) is 53.1 Å². The molecule has 1 aliphatic rings. The molecular formula is C17H19ClN2O4S2. The Morgan fingerprint density at radius 3 is 2.42 bits per heavy atom. The first-order valence-electron chi connectivity index (χ1n) is 8.09. The van der Waals surface area contributed by atoms with Gasteiger partial charge in [-0.3, -0.25) is 9.03 Å². The Morgan fingerprint density at radius 2 is 1.77 bits per heavy atom. The molecule has 0 amide bonds. The summed E-state index contributed by atoms with van der Waals surface area (Å²) >= 11 is 6.02. The minimum atomic E-state index is -3.81. The molecule has 2 aromatic carbocycles. The maximum Gasteiger partial charge on any atom is 0.261 e. The van der Waals surface area contributed by atoms with E-state index in [2.05, 4.69) is 4.72 Å². The fourth-order valence-electron chi connectivity index (χ4n) is 2.79. The largest absolute Gasteiger partial charge is 0.279 e. The van der Waals surface area contributed by atoms with Crippen LogP contribution in [0, 0.1) is 6.92 Å². The van der Waals surface area contributed by atoms with E-state index >= 15 is 0 Å². The van der Waals surface area contributed by atoms with E-state index in [1.54, 1.807) is 25.1 Å². The molecule has 140 valence electrons. The van der Waals surface area contributed by atoms with E-state index in [1.807, 2.05) is 0 Å². The minimum Gasteiger partial charge on any atom is -0.279 e. The fraction of sp³-hybridized carbons (Fsp3) is 0.294. The lowest BCUT2D eigenvalue weighted by Gasteiger charge is -2.28. The van der Waals surface area contributed by atoms with Crippen molar-refractivity contribution in [2.75, 3.05) is 21.3 Å². The summed E-state index contributed by atoms with van der Waals surface area (Å²) in [5, 5.41) is 0.468. The van der Waals surface area contributed by atoms with Gasteiger partial charge in [0.2, 0.25) is 10.0 Å². The lowest BCUT2D eigenvalue weighted by Crippen LogP contribution is -2.37. The van der Waals surface area contributed by atoms with Crippen molar-refractivity contribution in [3.63, 3.8) is 0 Å². The Morgan fingerprint density at radius 1 is 1.08 bits per heavy atom. The highest BCUT2D eigenvalue weighted by molar-refractivity contribution is 7.93. The molecule has 0 spiro atoms. The molecule has 1 aliphatic heterocycles. The number of hydrogen-bond donors (Lipinski definition) is 1. The first kappa shape index (κ1) is 19.0. The number of nitrogens with zero attached hydrogens (tertiary/aromatic N) is 1. The maximum atomic E-state index is 12.6. The van der Waals surface area contributed by atoms with Gasteiger partial charge >= 0.3 is 0 Å². The predicted octanol–water partition coefficient (Wildman–Crippen LogP) is 3.38. The molecule has 9 heteroatoms. The number of sulfonamides is 2. The molecule has 1 heterocycles. The number of nitrogens with one attached hydrogen (secondary N) is 1. The van der Waals surface area contributed by atoms with Gasteiger partial charge in [-0.2, -0.15) is 0 Å². The van der Waals surface area contributed by atoms with Gasteiger partial charge in [-0.25, -0.2) is 16.8 Å². The van der Waals surface area contributed by atoms with Gasteiger partial charge in [0.15, 0.2) is 0 Å².